The second kappa shape index (κ2) is 7.91. The standard InChI is InChI=1S/C17H14Cl2N4OS/c1-10-5-7-11(8-6-10)16-21-17(23-22-16)25-9-14(24)20-13-4-2-3-12(18)15(13)19/h2-8H,9H2,1H3,(H,20,24)(H,21,22,23). The zero-order chi connectivity index (χ0) is 17.8. The summed E-state index contributed by atoms with van der Waals surface area (Å²) in [7, 11) is 0. The minimum atomic E-state index is -0.212. The first-order valence-electron chi connectivity index (χ1n) is 7.39. The number of aromatic amines is 1. The van der Waals surface area contributed by atoms with Crippen LogP contribution >= 0.6 is 35.0 Å². The van der Waals surface area contributed by atoms with Gasteiger partial charge >= 0.3 is 0 Å². The minimum Gasteiger partial charge on any atom is -0.324 e. The maximum Gasteiger partial charge on any atom is 0.234 e. The summed E-state index contributed by atoms with van der Waals surface area (Å²) in [6.45, 7) is 2.02. The predicted octanol–water partition coefficient (Wildman–Crippen LogP) is 4.82. The van der Waals surface area contributed by atoms with Gasteiger partial charge in [-0.05, 0) is 19.1 Å². The van der Waals surface area contributed by atoms with Crippen molar-refractivity contribution in [1.29, 1.82) is 0 Å². The Morgan fingerprint density at radius 3 is 2.72 bits per heavy atom. The van der Waals surface area contributed by atoms with Gasteiger partial charge in [0.15, 0.2) is 5.82 Å². The summed E-state index contributed by atoms with van der Waals surface area (Å²) in [5.41, 5.74) is 2.60. The number of nitrogens with one attached hydrogen (secondary N) is 2. The fourth-order valence-electron chi connectivity index (χ4n) is 2.07. The summed E-state index contributed by atoms with van der Waals surface area (Å²) in [5, 5.41) is 10.9. The number of rotatable bonds is 5. The Morgan fingerprint density at radius 1 is 1.20 bits per heavy atom. The fourth-order valence-corrected chi connectivity index (χ4v) is 3.01. The van der Waals surface area contributed by atoms with Gasteiger partial charge in [0.2, 0.25) is 11.1 Å². The topological polar surface area (TPSA) is 70.7 Å². The molecule has 2 N–H and O–H groups in total. The van der Waals surface area contributed by atoms with Crippen molar-refractivity contribution in [1.82, 2.24) is 15.2 Å². The zero-order valence-electron chi connectivity index (χ0n) is 13.2. The fraction of sp³-hybridized carbons (Fsp3) is 0.118. The van der Waals surface area contributed by atoms with Gasteiger partial charge in [0.1, 0.15) is 0 Å². The van der Waals surface area contributed by atoms with Crippen LogP contribution in [0.5, 0.6) is 0 Å². The lowest BCUT2D eigenvalue weighted by atomic mass is 10.1. The Bertz CT molecular complexity index is 896. The number of benzene rings is 2. The lowest BCUT2D eigenvalue weighted by Gasteiger charge is -2.07. The van der Waals surface area contributed by atoms with Crippen LogP contribution in [-0.4, -0.2) is 26.8 Å². The molecular weight excluding hydrogens is 379 g/mol. The van der Waals surface area contributed by atoms with E-state index >= 15 is 0 Å². The van der Waals surface area contributed by atoms with Crippen LogP contribution in [0.1, 0.15) is 5.56 Å². The van der Waals surface area contributed by atoms with E-state index in [0.717, 1.165) is 5.56 Å². The van der Waals surface area contributed by atoms with E-state index in [1.54, 1.807) is 18.2 Å². The third-order valence-corrected chi connectivity index (χ3v) is 5.01. The summed E-state index contributed by atoms with van der Waals surface area (Å²) in [5.74, 6) is 0.616. The Kier molecular flexibility index (Phi) is 5.63. The normalized spacial score (nSPS) is 10.7. The highest BCUT2D eigenvalue weighted by Crippen LogP contribution is 2.29. The maximum absolute atomic E-state index is 12.1. The van der Waals surface area contributed by atoms with Crippen LogP contribution < -0.4 is 5.32 Å². The van der Waals surface area contributed by atoms with E-state index in [1.165, 1.54) is 17.3 Å². The molecule has 0 aliphatic rings. The molecule has 3 aromatic rings. The summed E-state index contributed by atoms with van der Waals surface area (Å²) in [4.78, 5) is 16.5. The van der Waals surface area contributed by atoms with E-state index in [2.05, 4.69) is 20.5 Å². The summed E-state index contributed by atoms with van der Waals surface area (Å²) in [6, 6.07) is 13.0. The lowest BCUT2D eigenvalue weighted by molar-refractivity contribution is -0.113. The number of aromatic nitrogens is 3. The van der Waals surface area contributed by atoms with Crippen LogP contribution in [0.2, 0.25) is 10.0 Å². The third kappa shape index (κ3) is 4.54. The molecule has 5 nitrogen and oxygen atoms in total. The molecule has 128 valence electrons. The largest absolute Gasteiger partial charge is 0.324 e. The zero-order valence-corrected chi connectivity index (χ0v) is 15.5. The number of anilines is 1. The van der Waals surface area contributed by atoms with E-state index in [9.17, 15) is 4.79 Å². The van der Waals surface area contributed by atoms with Crippen molar-refractivity contribution >= 4 is 46.6 Å². The number of carbonyl (C=O) groups is 1. The first kappa shape index (κ1) is 17.8. The van der Waals surface area contributed by atoms with Crippen molar-refractivity contribution in [3.05, 3.63) is 58.1 Å². The van der Waals surface area contributed by atoms with Crippen LogP contribution in [0.3, 0.4) is 0 Å². The van der Waals surface area contributed by atoms with E-state index in [1.807, 2.05) is 31.2 Å². The average Bonchev–Trinajstić information content (AvgIpc) is 3.07. The minimum absolute atomic E-state index is 0.161. The molecule has 0 saturated heterocycles. The van der Waals surface area contributed by atoms with Crippen molar-refractivity contribution in [3.63, 3.8) is 0 Å². The Balaban J connectivity index is 1.59. The van der Waals surface area contributed by atoms with E-state index in [-0.39, 0.29) is 11.7 Å². The number of aryl methyl sites for hydroxylation is 1. The van der Waals surface area contributed by atoms with E-state index < -0.39 is 0 Å². The third-order valence-electron chi connectivity index (χ3n) is 3.35. The molecule has 1 amide bonds. The number of hydrogen-bond donors (Lipinski definition) is 2. The quantitative estimate of drug-likeness (QED) is 0.610. The summed E-state index contributed by atoms with van der Waals surface area (Å²) < 4.78 is 0. The molecule has 8 heteroatoms. The highest BCUT2D eigenvalue weighted by molar-refractivity contribution is 7.99. The molecule has 0 unspecified atom stereocenters. The molecule has 0 radical (unpaired) electrons. The van der Waals surface area contributed by atoms with Gasteiger partial charge in [0, 0.05) is 5.56 Å². The van der Waals surface area contributed by atoms with E-state index in [0.29, 0.717) is 26.7 Å². The molecule has 0 saturated carbocycles. The molecule has 0 aliphatic carbocycles. The Hall–Kier alpha value is -2.02. The molecule has 0 atom stereocenters. The smallest absolute Gasteiger partial charge is 0.234 e. The second-order valence-corrected chi connectivity index (χ2v) is 7.00. The van der Waals surface area contributed by atoms with Crippen molar-refractivity contribution < 1.29 is 4.79 Å². The van der Waals surface area contributed by atoms with Gasteiger partial charge in [-0.3, -0.25) is 9.89 Å². The van der Waals surface area contributed by atoms with Gasteiger partial charge in [-0.25, -0.2) is 4.98 Å². The molecule has 25 heavy (non-hydrogen) atoms. The van der Waals surface area contributed by atoms with Crippen molar-refractivity contribution in [2.45, 2.75) is 12.1 Å². The van der Waals surface area contributed by atoms with Crippen LogP contribution in [-0.2, 0) is 4.79 Å². The number of hydrogen-bond acceptors (Lipinski definition) is 4. The molecule has 3 rings (SSSR count). The summed E-state index contributed by atoms with van der Waals surface area (Å²) in [6.07, 6.45) is 0. The molecule has 1 heterocycles. The molecule has 0 bridgehead atoms. The van der Waals surface area contributed by atoms with Crippen molar-refractivity contribution in [2.24, 2.45) is 0 Å². The van der Waals surface area contributed by atoms with Crippen molar-refractivity contribution in [3.8, 4) is 11.4 Å². The molecule has 0 spiro atoms. The number of amides is 1. The van der Waals surface area contributed by atoms with Gasteiger partial charge in [-0.15, -0.1) is 5.10 Å². The van der Waals surface area contributed by atoms with Crippen molar-refractivity contribution in [2.75, 3.05) is 11.1 Å². The SMILES string of the molecule is Cc1ccc(-c2nc(SCC(=O)Nc3cccc(Cl)c3Cl)n[nH]2)cc1. The average molecular weight is 393 g/mol. The van der Waals surface area contributed by atoms with Crippen LogP contribution in [0.15, 0.2) is 47.6 Å². The monoisotopic (exact) mass is 392 g/mol. The number of carbonyl (C=O) groups excluding carboxylic acids is 1. The van der Waals surface area contributed by atoms with Gasteiger partial charge in [0.25, 0.3) is 0 Å². The molecule has 0 fully saturated rings. The van der Waals surface area contributed by atoms with Gasteiger partial charge in [-0.1, -0.05) is 70.9 Å². The highest BCUT2D eigenvalue weighted by atomic mass is 35.5. The van der Waals surface area contributed by atoms with Crippen LogP contribution in [0.4, 0.5) is 5.69 Å². The molecule has 0 aliphatic heterocycles. The Morgan fingerprint density at radius 2 is 1.96 bits per heavy atom. The number of thioether (sulfide) groups is 1. The van der Waals surface area contributed by atoms with Gasteiger partial charge < -0.3 is 5.32 Å². The molecule has 1 aromatic heterocycles. The maximum atomic E-state index is 12.1. The predicted molar refractivity (Wildman–Crippen MR) is 102 cm³/mol. The van der Waals surface area contributed by atoms with Gasteiger partial charge in [-0.2, -0.15) is 0 Å². The van der Waals surface area contributed by atoms with Gasteiger partial charge in [0.05, 0.1) is 21.5 Å². The number of halogens is 2. The van der Waals surface area contributed by atoms with Crippen LogP contribution in [0, 0.1) is 6.92 Å². The highest BCUT2D eigenvalue weighted by Gasteiger charge is 2.11. The molecule has 2 aromatic carbocycles. The molecular formula is C17H14Cl2N4OS. The first-order valence-corrected chi connectivity index (χ1v) is 9.13. The Labute approximate surface area is 159 Å². The van der Waals surface area contributed by atoms with E-state index in [4.69, 9.17) is 23.2 Å². The van der Waals surface area contributed by atoms with Crippen LogP contribution in [0.25, 0.3) is 11.4 Å². The first-order chi connectivity index (χ1) is 12.0. The summed E-state index contributed by atoms with van der Waals surface area (Å²) >= 11 is 13.2. The number of nitrogens with zero attached hydrogens (tertiary/aromatic N) is 2. The number of H-pyrrole nitrogens is 1. The lowest BCUT2D eigenvalue weighted by Crippen LogP contribution is -2.14. The second-order valence-electron chi connectivity index (χ2n) is 5.27.